The van der Waals surface area contributed by atoms with Crippen molar-refractivity contribution in [3.8, 4) is 0 Å². The number of para-hydroxylation sites is 1. The lowest BCUT2D eigenvalue weighted by molar-refractivity contribution is -0.0874. The molecule has 2 fully saturated rings. The molecule has 1 amide bonds. The molecule has 5 heteroatoms. The van der Waals surface area contributed by atoms with Crippen molar-refractivity contribution in [3.63, 3.8) is 0 Å². The Hall–Kier alpha value is -2.14. The van der Waals surface area contributed by atoms with Gasteiger partial charge < -0.3 is 14.5 Å². The van der Waals surface area contributed by atoms with Gasteiger partial charge in [0.25, 0.3) is 5.91 Å². The summed E-state index contributed by atoms with van der Waals surface area (Å²) in [4.78, 5) is 22.3. The zero-order valence-electron chi connectivity index (χ0n) is 17.2. The molecule has 150 valence electrons. The Morgan fingerprint density at radius 1 is 1.25 bits per heavy atom. The van der Waals surface area contributed by atoms with Gasteiger partial charge in [-0.2, -0.15) is 0 Å². The minimum Gasteiger partial charge on any atom is -0.371 e. The van der Waals surface area contributed by atoms with Crippen LogP contribution in [0.3, 0.4) is 0 Å². The maximum Gasteiger partial charge on any atom is 0.254 e. The van der Waals surface area contributed by atoms with Gasteiger partial charge in [0.1, 0.15) is 5.82 Å². The van der Waals surface area contributed by atoms with Gasteiger partial charge in [0.05, 0.1) is 23.3 Å². The summed E-state index contributed by atoms with van der Waals surface area (Å²) in [7, 11) is 3.92. The van der Waals surface area contributed by atoms with E-state index >= 15 is 0 Å². The number of carbonyl (C=O) groups excluding carboxylic acids is 1. The van der Waals surface area contributed by atoms with E-state index in [1.165, 1.54) is 12.8 Å². The van der Waals surface area contributed by atoms with Crippen LogP contribution in [0.15, 0.2) is 30.3 Å². The van der Waals surface area contributed by atoms with Crippen molar-refractivity contribution in [2.75, 3.05) is 32.1 Å². The fourth-order valence-corrected chi connectivity index (χ4v) is 4.09. The summed E-state index contributed by atoms with van der Waals surface area (Å²) < 4.78 is 6.36. The van der Waals surface area contributed by atoms with E-state index < -0.39 is 0 Å². The van der Waals surface area contributed by atoms with E-state index in [4.69, 9.17) is 9.72 Å². The van der Waals surface area contributed by atoms with Crippen molar-refractivity contribution in [3.05, 3.63) is 35.9 Å². The van der Waals surface area contributed by atoms with E-state index in [1.54, 1.807) is 0 Å². The van der Waals surface area contributed by atoms with Crippen LogP contribution in [-0.2, 0) is 4.74 Å². The SMILES string of the molecule is CCCC[C@@H]1CN(C(=O)c2cc(N(C)C)nc3ccccc23)C[C@H](C2CC2)O1. The summed E-state index contributed by atoms with van der Waals surface area (Å²) >= 11 is 0. The fourth-order valence-electron chi connectivity index (χ4n) is 4.09. The number of carbonyl (C=O) groups is 1. The smallest absolute Gasteiger partial charge is 0.254 e. The summed E-state index contributed by atoms with van der Waals surface area (Å²) in [5, 5.41) is 0.928. The standard InChI is InChI=1S/C23H31N3O2/c1-4-5-8-17-14-26(15-21(28-17)16-11-12-16)23(27)19-13-22(25(2)3)24-20-10-7-6-9-18(19)20/h6-7,9-10,13,16-17,21H,4-5,8,11-12,14-15H2,1-3H3/t17-,21-/m1/s1. The van der Waals surface area contributed by atoms with Crippen LogP contribution in [0, 0.1) is 5.92 Å². The number of fused-ring (bicyclic) bond motifs is 1. The number of ether oxygens (including phenoxy) is 1. The van der Waals surface area contributed by atoms with Crippen LogP contribution in [0.1, 0.15) is 49.4 Å². The second-order valence-corrected chi connectivity index (χ2v) is 8.43. The Kier molecular flexibility index (Phi) is 5.54. The first-order chi connectivity index (χ1) is 13.6. The Labute approximate surface area is 167 Å². The van der Waals surface area contributed by atoms with Crippen LogP contribution in [0.5, 0.6) is 0 Å². The lowest BCUT2D eigenvalue weighted by Gasteiger charge is -2.38. The molecule has 1 saturated heterocycles. The van der Waals surface area contributed by atoms with E-state index in [2.05, 4.69) is 6.92 Å². The number of aromatic nitrogens is 1. The molecule has 1 aliphatic heterocycles. The van der Waals surface area contributed by atoms with Crippen molar-refractivity contribution in [2.45, 2.75) is 51.2 Å². The van der Waals surface area contributed by atoms with Gasteiger partial charge >= 0.3 is 0 Å². The van der Waals surface area contributed by atoms with Gasteiger partial charge in [-0.3, -0.25) is 4.79 Å². The van der Waals surface area contributed by atoms with Crippen LogP contribution >= 0.6 is 0 Å². The number of benzene rings is 1. The second kappa shape index (κ2) is 8.08. The Morgan fingerprint density at radius 2 is 2.04 bits per heavy atom. The Bertz CT molecular complexity index is 847. The average molecular weight is 382 g/mol. The third-order valence-corrected chi connectivity index (χ3v) is 5.90. The molecule has 1 aliphatic carbocycles. The molecule has 1 saturated carbocycles. The van der Waals surface area contributed by atoms with Crippen LogP contribution in [-0.4, -0.2) is 55.2 Å². The highest BCUT2D eigenvalue weighted by molar-refractivity contribution is 6.07. The molecule has 2 aromatic rings. The molecule has 0 bridgehead atoms. The monoisotopic (exact) mass is 381 g/mol. The zero-order chi connectivity index (χ0) is 19.7. The summed E-state index contributed by atoms with van der Waals surface area (Å²) in [6.07, 6.45) is 6.15. The maximum atomic E-state index is 13.6. The number of amides is 1. The van der Waals surface area contributed by atoms with Gasteiger partial charge in [0.2, 0.25) is 0 Å². The van der Waals surface area contributed by atoms with Gasteiger partial charge in [-0.05, 0) is 37.3 Å². The number of morpholine rings is 1. The van der Waals surface area contributed by atoms with E-state index in [9.17, 15) is 4.79 Å². The third-order valence-electron chi connectivity index (χ3n) is 5.90. The zero-order valence-corrected chi connectivity index (χ0v) is 17.2. The first kappa shape index (κ1) is 19.2. The summed E-state index contributed by atoms with van der Waals surface area (Å²) in [5.41, 5.74) is 1.62. The number of hydrogen-bond acceptors (Lipinski definition) is 4. The van der Waals surface area contributed by atoms with E-state index in [-0.39, 0.29) is 18.1 Å². The molecule has 2 atom stereocenters. The van der Waals surface area contributed by atoms with Gasteiger partial charge in [-0.25, -0.2) is 4.98 Å². The number of pyridine rings is 1. The fraction of sp³-hybridized carbons (Fsp3) is 0.565. The second-order valence-electron chi connectivity index (χ2n) is 8.43. The summed E-state index contributed by atoms with van der Waals surface area (Å²) in [5.74, 6) is 1.56. The van der Waals surface area contributed by atoms with Crippen LogP contribution < -0.4 is 4.90 Å². The van der Waals surface area contributed by atoms with E-state index in [1.807, 2.05) is 54.2 Å². The van der Waals surface area contributed by atoms with E-state index in [0.717, 1.165) is 41.5 Å². The molecule has 2 aliphatic rings. The molecule has 1 aromatic carbocycles. The van der Waals surface area contributed by atoms with Gasteiger partial charge in [-0.1, -0.05) is 38.0 Å². The van der Waals surface area contributed by atoms with Crippen molar-refractivity contribution < 1.29 is 9.53 Å². The maximum absolute atomic E-state index is 13.6. The number of anilines is 1. The first-order valence-corrected chi connectivity index (χ1v) is 10.6. The largest absolute Gasteiger partial charge is 0.371 e. The highest BCUT2D eigenvalue weighted by Crippen LogP contribution is 2.37. The van der Waals surface area contributed by atoms with Gasteiger partial charge in [-0.15, -0.1) is 0 Å². The number of rotatable bonds is 6. The highest BCUT2D eigenvalue weighted by atomic mass is 16.5. The third kappa shape index (κ3) is 4.00. The predicted molar refractivity (Wildman–Crippen MR) is 113 cm³/mol. The lowest BCUT2D eigenvalue weighted by Crippen LogP contribution is -2.50. The van der Waals surface area contributed by atoms with Crippen molar-refractivity contribution in [1.82, 2.24) is 9.88 Å². The van der Waals surface area contributed by atoms with Gasteiger partial charge in [0.15, 0.2) is 0 Å². The molecule has 28 heavy (non-hydrogen) atoms. The minimum atomic E-state index is 0.108. The quantitative estimate of drug-likeness (QED) is 0.755. The van der Waals surface area contributed by atoms with Crippen LogP contribution in [0.25, 0.3) is 10.9 Å². The highest BCUT2D eigenvalue weighted by Gasteiger charge is 2.39. The molecule has 0 N–H and O–H groups in total. The predicted octanol–water partition coefficient (Wildman–Crippen LogP) is 4.11. The number of unbranched alkanes of at least 4 members (excludes halogenated alkanes) is 1. The molecular formula is C23H31N3O2. The molecule has 0 unspecified atom stereocenters. The molecule has 0 radical (unpaired) electrons. The summed E-state index contributed by atoms with van der Waals surface area (Å²) in [6, 6.07) is 9.87. The molecule has 1 aromatic heterocycles. The Balaban J connectivity index is 1.65. The molecule has 2 heterocycles. The van der Waals surface area contributed by atoms with Crippen LogP contribution in [0.2, 0.25) is 0 Å². The minimum absolute atomic E-state index is 0.108. The van der Waals surface area contributed by atoms with Gasteiger partial charge in [0, 0.05) is 32.6 Å². The van der Waals surface area contributed by atoms with Crippen molar-refractivity contribution >= 4 is 22.6 Å². The van der Waals surface area contributed by atoms with Crippen molar-refractivity contribution in [2.24, 2.45) is 5.92 Å². The Morgan fingerprint density at radius 3 is 2.75 bits per heavy atom. The normalized spacial score (nSPS) is 22.5. The number of nitrogens with zero attached hydrogens (tertiary/aromatic N) is 3. The molecule has 5 nitrogen and oxygen atoms in total. The van der Waals surface area contributed by atoms with E-state index in [0.29, 0.717) is 19.0 Å². The number of hydrogen-bond donors (Lipinski definition) is 0. The summed E-state index contributed by atoms with van der Waals surface area (Å²) in [6.45, 7) is 3.60. The first-order valence-electron chi connectivity index (χ1n) is 10.6. The van der Waals surface area contributed by atoms with Crippen LogP contribution in [0.4, 0.5) is 5.82 Å². The molecule has 4 rings (SSSR count). The molecular weight excluding hydrogens is 350 g/mol. The van der Waals surface area contributed by atoms with Crippen molar-refractivity contribution in [1.29, 1.82) is 0 Å². The molecule has 0 spiro atoms. The lowest BCUT2D eigenvalue weighted by atomic mass is 10.0. The average Bonchev–Trinajstić information content (AvgIpc) is 3.56. The topological polar surface area (TPSA) is 45.7 Å².